The van der Waals surface area contributed by atoms with Gasteiger partial charge in [0.05, 0.1) is 30.9 Å². The van der Waals surface area contributed by atoms with Gasteiger partial charge in [0.15, 0.2) is 0 Å². The van der Waals surface area contributed by atoms with Crippen molar-refractivity contribution in [3.63, 3.8) is 0 Å². The van der Waals surface area contributed by atoms with Crippen LogP contribution in [0.4, 0.5) is 5.69 Å². The summed E-state index contributed by atoms with van der Waals surface area (Å²) in [6.07, 6.45) is 5.62. The summed E-state index contributed by atoms with van der Waals surface area (Å²) >= 11 is 0. The molecule has 2 aliphatic rings. The Balaban J connectivity index is 1.62. The fraction of sp³-hybridized carbons (Fsp3) is 0.409. The third-order valence-corrected chi connectivity index (χ3v) is 7.29. The lowest BCUT2D eigenvalue weighted by molar-refractivity contribution is 0.0730. The van der Waals surface area contributed by atoms with E-state index in [9.17, 15) is 8.42 Å². The van der Waals surface area contributed by atoms with E-state index in [1.165, 1.54) is 4.31 Å². The number of rotatable bonds is 7. The van der Waals surface area contributed by atoms with Crippen LogP contribution in [0.5, 0.6) is 5.75 Å². The number of hydrogen-bond donors (Lipinski definition) is 1. The van der Waals surface area contributed by atoms with Crippen molar-refractivity contribution >= 4 is 21.8 Å². The molecule has 1 saturated heterocycles. The van der Waals surface area contributed by atoms with Gasteiger partial charge in [-0.3, -0.25) is 4.98 Å². The van der Waals surface area contributed by atoms with Crippen LogP contribution in [-0.2, 0) is 27.6 Å². The molecule has 0 unspecified atom stereocenters. The van der Waals surface area contributed by atoms with Crippen molar-refractivity contribution in [1.82, 2.24) is 9.29 Å². The number of methoxy groups -OCH3 is 1. The van der Waals surface area contributed by atoms with Crippen molar-refractivity contribution in [2.75, 3.05) is 45.3 Å². The lowest BCUT2D eigenvalue weighted by Crippen LogP contribution is -2.40. The zero-order chi connectivity index (χ0) is 21.1. The molecule has 1 aliphatic heterocycles. The smallest absolute Gasteiger partial charge is 0.243 e. The van der Waals surface area contributed by atoms with Gasteiger partial charge in [-0.05, 0) is 19.1 Å². The minimum atomic E-state index is -3.57. The molecule has 1 aromatic heterocycles. The highest BCUT2D eigenvalue weighted by Crippen LogP contribution is 2.30. The summed E-state index contributed by atoms with van der Waals surface area (Å²) in [4.78, 5) is 5.05. The highest BCUT2D eigenvalue weighted by Gasteiger charge is 2.27. The fourth-order valence-electron chi connectivity index (χ4n) is 3.89. The Labute approximate surface area is 177 Å². The van der Waals surface area contributed by atoms with Crippen molar-refractivity contribution in [2.24, 2.45) is 0 Å². The maximum absolute atomic E-state index is 13.0. The molecule has 0 amide bonds. The van der Waals surface area contributed by atoms with Crippen LogP contribution in [-0.4, -0.2) is 57.7 Å². The molecule has 8 heteroatoms. The molecule has 160 valence electrons. The van der Waals surface area contributed by atoms with Gasteiger partial charge >= 0.3 is 0 Å². The van der Waals surface area contributed by atoms with Crippen molar-refractivity contribution in [1.29, 1.82) is 0 Å². The third-order valence-electron chi connectivity index (χ3n) is 5.39. The van der Waals surface area contributed by atoms with Crippen molar-refractivity contribution in [3.8, 4) is 5.75 Å². The van der Waals surface area contributed by atoms with Gasteiger partial charge in [-0.25, -0.2) is 8.42 Å². The highest BCUT2D eigenvalue weighted by molar-refractivity contribution is 7.89. The first-order valence-corrected chi connectivity index (χ1v) is 11.6. The lowest BCUT2D eigenvalue weighted by Gasteiger charge is -2.26. The number of nitrogens with one attached hydrogen (secondary N) is 1. The first-order valence-electron chi connectivity index (χ1n) is 10.2. The molecular formula is C22H27N3O4S. The molecule has 7 nitrogen and oxygen atoms in total. The van der Waals surface area contributed by atoms with Crippen LogP contribution in [0.25, 0.3) is 6.08 Å². The summed E-state index contributed by atoms with van der Waals surface area (Å²) in [6.45, 7) is 4.48. The van der Waals surface area contributed by atoms with Gasteiger partial charge in [0.1, 0.15) is 5.75 Å². The number of benzene rings is 1. The number of sulfonamides is 1. The number of anilines is 1. The first-order chi connectivity index (χ1) is 14.5. The Morgan fingerprint density at radius 3 is 2.77 bits per heavy atom. The van der Waals surface area contributed by atoms with Gasteiger partial charge < -0.3 is 14.8 Å². The van der Waals surface area contributed by atoms with Crippen LogP contribution in [0, 0.1) is 0 Å². The number of morpholine rings is 1. The standard InChI is InChI=1S/C22H27N3O4S/c1-3-23-21-14-17(24-20-6-4-5-19(20)21)13-16-7-8-18(15-22(16)28-2)30(26,27)25-9-11-29-12-10-25/h4-5,7-8,14-15H,3,6,9-13H2,1-2H3,(H,23,24). The second-order valence-electron chi connectivity index (χ2n) is 7.33. The normalized spacial score (nSPS) is 16.5. The van der Waals surface area contributed by atoms with Gasteiger partial charge in [-0.2, -0.15) is 4.31 Å². The van der Waals surface area contributed by atoms with E-state index in [0.29, 0.717) is 38.5 Å². The third kappa shape index (κ3) is 4.08. The summed E-state index contributed by atoms with van der Waals surface area (Å²) in [7, 11) is -2.00. The fourth-order valence-corrected chi connectivity index (χ4v) is 5.31. The molecule has 30 heavy (non-hydrogen) atoms. The first kappa shape index (κ1) is 20.8. The zero-order valence-electron chi connectivity index (χ0n) is 17.3. The molecule has 0 spiro atoms. The number of nitrogens with zero attached hydrogens (tertiary/aromatic N) is 2. The van der Waals surface area contributed by atoms with Gasteiger partial charge in [-0.1, -0.05) is 18.2 Å². The average Bonchev–Trinajstić information content (AvgIpc) is 3.24. The molecule has 1 fully saturated rings. The Hall–Kier alpha value is -2.42. The van der Waals surface area contributed by atoms with Crippen LogP contribution in [0.1, 0.15) is 29.4 Å². The molecule has 2 aromatic rings. The van der Waals surface area contributed by atoms with Gasteiger partial charge in [0, 0.05) is 61.1 Å². The molecule has 0 atom stereocenters. The molecule has 2 heterocycles. The summed E-state index contributed by atoms with van der Waals surface area (Å²) in [5.74, 6) is 0.551. The van der Waals surface area contributed by atoms with Crippen LogP contribution in [0.15, 0.2) is 35.2 Å². The molecule has 1 aliphatic carbocycles. The van der Waals surface area contributed by atoms with Gasteiger partial charge in [0.25, 0.3) is 0 Å². The Morgan fingerprint density at radius 2 is 2.03 bits per heavy atom. The molecule has 0 saturated carbocycles. The van der Waals surface area contributed by atoms with E-state index in [1.807, 2.05) is 6.07 Å². The molecule has 1 N–H and O–H groups in total. The van der Waals surface area contributed by atoms with Gasteiger partial charge in [-0.15, -0.1) is 0 Å². The monoisotopic (exact) mass is 429 g/mol. The van der Waals surface area contributed by atoms with E-state index in [0.717, 1.165) is 41.2 Å². The van der Waals surface area contributed by atoms with Crippen molar-refractivity contribution in [3.05, 3.63) is 52.9 Å². The largest absolute Gasteiger partial charge is 0.496 e. The zero-order valence-corrected chi connectivity index (χ0v) is 18.2. The summed E-state index contributed by atoms with van der Waals surface area (Å²) in [5.41, 5.74) is 5.12. The predicted octanol–water partition coefficient (Wildman–Crippen LogP) is 2.70. The summed E-state index contributed by atoms with van der Waals surface area (Å²) < 4.78 is 38.2. The van der Waals surface area contributed by atoms with Crippen molar-refractivity contribution < 1.29 is 17.9 Å². The quantitative estimate of drug-likeness (QED) is 0.729. The van der Waals surface area contributed by atoms with E-state index < -0.39 is 10.0 Å². The molecule has 4 rings (SSSR count). The number of pyridine rings is 1. The van der Waals surface area contributed by atoms with Crippen LogP contribution in [0.3, 0.4) is 0 Å². The maximum atomic E-state index is 13.0. The van der Waals surface area contributed by atoms with Crippen LogP contribution < -0.4 is 10.1 Å². The Kier molecular flexibility index (Phi) is 6.08. The Bertz CT molecular complexity index is 1060. The molecular weight excluding hydrogens is 402 g/mol. The molecule has 1 aromatic carbocycles. The Morgan fingerprint density at radius 1 is 1.23 bits per heavy atom. The number of allylic oxidation sites excluding steroid dienone is 1. The molecule has 0 radical (unpaired) electrons. The summed E-state index contributed by atoms with van der Waals surface area (Å²) in [5, 5.41) is 3.41. The van der Waals surface area contributed by atoms with Crippen LogP contribution in [0.2, 0.25) is 0 Å². The van der Waals surface area contributed by atoms with E-state index >= 15 is 0 Å². The number of hydrogen-bond acceptors (Lipinski definition) is 6. The lowest BCUT2D eigenvalue weighted by atomic mass is 10.1. The van der Waals surface area contributed by atoms with E-state index in [-0.39, 0.29) is 4.90 Å². The van der Waals surface area contributed by atoms with E-state index in [2.05, 4.69) is 30.5 Å². The number of fused-ring (bicyclic) bond motifs is 1. The molecule has 0 bridgehead atoms. The SMILES string of the molecule is CCNc1cc(Cc2ccc(S(=O)(=O)N3CCOCC3)cc2OC)nc2c1C=CC2. The van der Waals surface area contributed by atoms with Crippen molar-refractivity contribution in [2.45, 2.75) is 24.7 Å². The minimum absolute atomic E-state index is 0.240. The van der Waals surface area contributed by atoms with E-state index in [1.54, 1.807) is 19.2 Å². The number of ether oxygens (including phenoxy) is 2. The number of aromatic nitrogens is 1. The maximum Gasteiger partial charge on any atom is 0.243 e. The van der Waals surface area contributed by atoms with Gasteiger partial charge in [0.2, 0.25) is 10.0 Å². The second-order valence-corrected chi connectivity index (χ2v) is 9.26. The second kappa shape index (κ2) is 8.75. The van der Waals surface area contributed by atoms with Crippen LogP contribution >= 0.6 is 0 Å². The van der Waals surface area contributed by atoms with E-state index in [4.69, 9.17) is 14.5 Å². The average molecular weight is 430 g/mol. The minimum Gasteiger partial charge on any atom is -0.496 e. The topological polar surface area (TPSA) is 80.8 Å². The summed E-state index contributed by atoms with van der Waals surface area (Å²) in [6, 6.07) is 7.16. The highest BCUT2D eigenvalue weighted by atomic mass is 32.2. The predicted molar refractivity (Wildman–Crippen MR) is 117 cm³/mol.